The molecule has 1 aromatic carbocycles. The van der Waals surface area contributed by atoms with Crippen molar-refractivity contribution in [3.05, 3.63) is 48.2 Å². The lowest BCUT2D eigenvalue weighted by Crippen LogP contribution is -2.48. The zero-order valence-corrected chi connectivity index (χ0v) is 16.6. The average molecular weight is 384 g/mol. The molecule has 7 heteroatoms. The van der Waals surface area contributed by atoms with Crippen molar-refractivity contribution in [2.45, 2.75) is 31.8 Å². The van der Waals surface area contributed by atoms with Crippen molar-refractivity contribution in [1.29, 1.82) is 0 Å². The van der Waals surface area contributed by atoms with Crippen LogP contribution in [0.2, 0.25) is 0 Å². The smallest absolute Gasteiger partial charge is 0.315 e. The number of pyridine rings is 1. The minimum atomic E-state index is -0.210. The number of carbonyl (C=O) groups is 1. The van der Waals surface area contributed by atoms with Crippen LogP contribution < -0.4 is 25.0 Å². The second-order valence-corrected chi connectivity index (χ2v) is 6.90. The number of hydrogen-bond donors (Lipinski definition) is 2. The van der Waals surface area contributed by atoms with E-state index in [-0.39, 0.29) is 18.1 Å². The van der Waals surface area contributed by atoms with E-state index in [0.717, 1.165) is 48.8 Å². The molecule has 1 fully saturated rings. The predicted octanol–water partition coefficient (Wildman–Crippen LogP) is 3.13. The number of carbonyl (C=O) groups excluding carboxylic acids is 1. The van der Waals surface area contributed by atoms with Crippen LogP contribution in [0.25, 0.3) is 0 Å². The number of benzene rings is 1. The summed E-state index contributed by atoms with van der Waals surface area (Å²) >= 11 is 0. The molecule has 7 nitrogen and oxygen atoms in total. The fraction of sp³-hybridized carbons (Fsp3) is 0.429. The van der Waals surface area contributed by atoms with E-state index in [1.165, 1.54) is 0 Å². The molecule has 1 aromatic heterocycles. The number of methoxy groups -OCH3 is 2. The van der Waals surface area contributed by atoms with Crippen LogP contribution in [0.3, 0.4) is 0 Å². The van der Waals surface area contributed by atoms with E-state index in [1.807, 2.05) is 43.3 Å². The molecule has 1 atom stereocenters. The first kappa shape index (κ1) is 19.8. The minimum absolute atomic E-state index is 0.152. The zero-order valence-electron chi connectivity index (χ0n) is 16.6. The topological polar surface area (TPSA) is 75.7 Å². The van der Waals surface area contributed by atoms with Crippen LogP contribution >= 0.6 is 0 Å². The summed E-state index contributed by atoms with van der Waals surface area (Å²) in [5.74, 6) is 2.44. The van der Waals surface area contributed by atoms with E-state index in [2.05, 4.69) is 20.5 Å². The molecule has 0 bridgehead atoms. The average Bonchev–Trinajstić information content (AvgIpc) is 2.74. The van der Waals surface area contributed by atoms with Gasteiger partial charge in [0.25, 0.3) is 0 Å². The van der Waals surface area contributed by atoms with E-state index >= 15 is 0 Å². The summed E-state index contributed by atoms with van der Waals surface area (Å²) in [4.78, 5) is 19.1. The standard InChI is InChI=1S/C21H28N4O3/c1-15(18-14-17(27-2)7-8-19(18)28-3)23-21(26)24-16-9-12-25(13-10-16)20-6-4-5-11-22-20/h4-8,11,14-16H,9-10,12-13H2,1-3H3,(H2,23,24,26). The highest BCUT2D eigenvalue weighted by Gasteiger charge is 2.22. The summed E-state index contributed by atoms with van der Waals surface area (Å²) < 4.78 is 10.7. The lowest BCUT2D eigenvalue weighted by molar-refractivity contribution is 0.231. The summed E-state index contributed by atoms with van der Waals surface area (Å²) in [5.41, 5.74) is 0.877. The van der Waals surface area contributed by atoms with Gasteiger partial charge in [-0.05, 0) is 50.1 Å². The van der Waals surface area contributed by atoms with Gasteiger partial charge < -0.3 is 25.0 Å². The summed E-state index contributed by atoms with van der Waals surface area (Å²) in [6.45, 7) is 3.68. The maximum atomic E-state index is 12.5. The van der Waals surface area contributed by atoms with Gasteiger partial charge >= 0.3 is 6.03 Å². The van der Waals surface area contributed by atoms with Crippen LogP contribution in [0, 0.1) is 0 Å². The van der Waals surface area contributed by atoms with Crippen molar-refractivity contribution in [2.24, 2.45) is 0 Å². The highest BCUT2D eigenvalue weighted by molar-refractivity contribution is 5.75. The van der Waals surface area contributed by atoms with Crippen molar-refractivity contribution < 1.29 is 14.3 Å². The number of rotatable bonds is 6. The molecule has 1 unspecified atom stereocenters. The van der Waals surface area contributed by atoms with Gasteiger partial charge in [0.15, 0.2) is 0 Å². The van der Waals surface area contributed by atoms with Gasteiger partial charge in [0.1, 0.15) is 17.3 Å². The highest BCUT2D eigenvalue weighted by Crippen LogP contribution is 2.29. The van der Waals surface area contributed by atoms with Gasteiger partial charge in [-0.1, -0.05) is 6.07 Å². The number of anilines is 1. The Balaban J connectivity index is 1.52. The zero-order chi connectivity index (χ0) is 19.9. The Labute approximate surface area is 166 Å². The van der Waals surface area contributed by atoms with Crippen molar-refractivity contribution in [2.75, 3.05) is 32.2 Å². The summed E-state index contributed by atoms with van der Waals surface area (Å²) in [6, 6.07) is 11.3. The first-order valence-corrected chi connectivity index (χ1v) is 9.55. The molecule has 1 aliphatic rings. The van der Waals surface area contributed by atoms with Gasteiger partial charge in [0.2, 0.25) is 0 Å². The molecule has 1 aliphatic heterocycles. The quantitative estimate of drug-likeness (QED) is 0.800. The largest absolute Gasteiger partial charge is 0.497 e. The second kappa shape index (κ2) is 9.30. The highest BCUT2D eigenvalue weighted by atomic mass is 16.5. The van der Waals surface area contributed by atoms with E-state index in [1.54, 1.807) is 20.4 Å². The molecule has 2 heterocycles. The van der Waals surface area contributed by atoms with Crippen LogP contribution in [-0.4, -0.2) is 44.4 Å². The first-order chi connectivity index (χ1) is 13.6. The first-order valence-electron chi connectivity index (χ1n) is 9.55. The monoisotopic (exact) mass is 384 g/mol. The van der Waals surface area contributed by atoms with Gasteiger partial charge in [-0.25, -0.2) is 9.78 Å². The third kappa shape index (κ3) is 4.85. The molecule has 0 aliphatic carbocycles. The maximum absolute atomic E-state index is 12.5. The fourth-order valence-corrected chi connectivity index (χ4v) is 3.47. The van der Waals surface area contributed by atoms with E-state index in [0.29, 0.717) is 0 Å². The maximum Gasteiger partial charge on any atom is 0.315 e. The van der Waals surface area contributed by atoms with Crippen LogP contribution in [0.1, 0.15) is 31.4 Å². The van der Waals surface area contributed by atoms with Crippen molar-refractivity contribution >= 4 is 11.8 Å². The van der Waals surface area contributed by atoms with Crippen LogP contribution in [0.4, 0.5) is 10.6 Å². The predicted molar refractivity (Wildman–Crippen MR) is 109 cm³/mol. The van der Waals surface area contributed by atoms with Crippen molar-refractivity contribution in [3.63, 3.8) is 0 Å². The number of ether oxygens (including phenoxy) is 2. The number of aromatic nitrogens is 1. The molecule has 1 saturated heterocycles. The minimum Gasteiger partial charge on any atom is -0.497 e. The second-order valence-electron chi connectivity index (χ2n) is 6.90. The molecule has 0 saturated carbocycles. The van der Waals surface area contributed by atoms with Gasteiger partial charge in [-0.3, -0.25) is 0 Å². The Kier molecular flexibility index (Phi) is 6.57. The van der Waals surface area contributed by atoms with E-state index in [4.69, 9.17) is 9.47 Å². The SMILES string of the molecule is COc1ccc(OC)c(C(C)NC(=O)NC2CCN(c3ccccn3)CC2)c1. The van der Waals surface area contributed by atoms with Gasteiger partial charge in [-0.15, -0.1) is 0 Å². The summed E-state index contributed by atoms with van der Waals surface area (Å²) in [7, 11) is 3.24. The van der Waals surface area contributed by atoms with Crippen LogP contribution in [0.15, 0.2) is 42.6 Å². The van der Waals surface area contributed by atoms with Crippen molar-refractivity contribution in [3.8, 4) is 11.5 Å². The summed E-state index contributed by atoms with van der Waals surface area (Å²) in [5, 5.41) is 6.09. The van der Waals surface area contributed by atoms with Crippen LogP contribution in [-0.2, 0) is 0 Å². The molecular formula is C21H28N4O3. The summed E-state index contributed by atoms with van der Waals surface area (Å²) in [6.07, 6.45) is 3.59. The third-order valence-corrected chi connectivity index (χ3v) is 5.05. The molecule has 3 rings (SSSR count). The van der Waals surface area contributed by atoms with Gasteiger partial charge in [-0.2, -0.15) is 0 Å². The molecule has 150 valence electrons. The lowest BCUT2D eigenvalue weighted by Gasteiger charge is -2.33. The lowest BCUT2D eigenvalue weighted by atomic mass is 10.0. The Morgan fingerprint density at radius 3 is 2.61 bits per heavy atom. The van der Waals surface area contributed by atoms with Crippen molar-refractivity contribution in [1.82, 2.24) is 15.6 Å². The molecule has 0 radical (unpaired) electrons. The molecule has 2 aromatic rings. The molecule has 2 amide bonds. The van der Waals surface area contributed by atoms with E-state index in [9.17, 15) is 4.79 Å². The number of hydrogen-bond acceptors (Lipinski definition) is 5. The molecule has 28 heavy (non-hydrogen) atoms. The van der Waals surface area contributed by atoms with E-state index < -0.39 is 0 Å². The van der Waals surface area contributed by atoms with Gasteiger partial charge in [0, 0.05) is 30.9 Å². The Hall–Kier alpha value is -2.96. The number of urea groups is 1. The third-order valence-electron chi connectivity index (χ3n) is 5.05. The fourth-order valence-electron chi connectivity index (χ4n) is 3.47. The van der Waals surface area contributed by atoms with Gasteiger partial charge in [0.05, 0.1) is 20.3 Å². The number of nitrogens with one attached hydrogen (secondary N) is 2. The normalized spacial score (nSPS) is 15.6. The molecule has 2 N–H and O–H groups in total. The number of nitrogens with zero attached hydrogens (tertiary/aromatic N) is 2. The molecular weight excluding hydrogens is 356 g/mol. The Morgan fingerprint density at radius 2 is 1.96 bits per heavy atom. The number of amides is 2. The Morgan fingerprint density at radius 1 is 1.18 bits per heavy atom. The Bertz CT molecular complexity index is 776. The van der Waals surface area contributed by atoms with Crippen LogP contribution in [0.5, 0.6) is 11.5 Å². The molecule has 0 spiro atoms. The number of piperidine rings is 1.